The fraction of sp³-hybridized carbons (Fsp3) is 0.263. The second kappa shape index (κ2) is 15.8. The van der Waals surface area contributed by atoms with Gasteiger partial charge in [0.2, 0.25) is 5.91 Å². The Morgan fingerprint density at radius 2 is 1.53 bits per heavy atom. The molecule has 0 saturated carbocycles. The van der Waals surface area contributed by atoms with Crippen LogP contribution >= 0.6 is 0 Å². The minimum Gasteiger partial charge on any atom is -0.465 e. The molecule has 0 bridgehead atoms. The molecule has 1 aromatic heterocycles. The third-order valence-corrected chi connectivity index (χ3v) is 7.93. The molecule has 1 heterocycles. The number of esters is 1. The number of carbonyl (C=O) groups is 3. The highest BCUT2D eigenvalue weighted by molar-refractivity contribution is 5.99. The van der Waals surface area contributed by atoms with E-state index in [2.05, 4.69) is 22.3 Å². The number of aromatic nitrogens is 2. The maximum atomic E-state index is 13.8. The molecule has 0 saturated heterocycles. The van der Waals surface area contributed by atoms with Crippen LogP contribution in [0.1, 0.15) is 68.6 Å². The number of hydroxylamine groups is 1. The Hall–Kier alpha value is -5.28. The first-order valence-electron chi connectivity index (χ1n) is 15.8. The zero-order valence-corrected chi connectivity index (χ0v) is 27.0. The molecule has 5 rings (SSSR count). The van der Waals surface area contributed by atoms with Gasteiger partial charge in [-0.15, -0.1) is 0 Å². The summed E-state index contributed by atoms with van der Waals surface area (Å²) in [6.45, 7) is 4.83. The van der Waals surface area contributed by atoms with Gasteiger partial charge in [-0.1, -0.05) is 79.7 Å². The largest absolute Gasteiger partial charge is 0.465 e. The van der Waals surface area contributed by atoms with E-state index in [0.29, 0.717) is 24.1 Å². The van der Waals surface area contributed by atoms with E-state index in [-0.39, 0.29) is 30.8 Å². The van der Waals surface area contributed by atoms with Crippen LogP contribution in [0, 0.1) is 6.92 Å². The van der Waals surface area contributed by atoms with Crippen LogP contribution < -0.4 is 10.8 Å². The van der Waals surface area contributed by atoms with Gasteiger partial charge >= 0.3 is 5.97 Å². The Morgan fingerprint density at radius 1 is 0.851 bits per heavy atom. The number of nitrogens with one attached hydrogen (secondary N) is 2. The summed E-state index contributed by atoms with van der Waals surface area (Å²) in [4.78, 5) is 49.1. The van der Waals surface area contributed by atoms with Crippen molar-refractivity contribution in [1.29, 1.82) is 0 Å². The predicted octanol–water partition coefficient (Wildman–Crippen LogP) is 6.11. The first-order chi connectivity index (χ1) is 22.8. The highest BCUT2D eigenvalue weighted by atomic mass is 16.6. The van der Waals surface area contributed by atoms with E-state index >= 15 is 0 Å². The molecule has 2 N–H and O–H groups in total. The van der Waals surface area contributed by atoms with E-state index in [1.807, 2.05) is 91.9 Å². The van der Waals surface area contributed by atoms with Crippen LogP contribution in [-0.2, 0) is 40.4 Å². The van der Waals surface area contributed by atoms with Crippen LogP contribution in [0.4, 0.5) is 0 Å². The molecule has 5 aromatic rings. The Morgan fingerprint density at radius 3 is 2.19 bits per heavy atom. The number of fused-ring (bicyclic) bond motifs is 1. The van der Waals surface area contributed by atoms with Crippen LogP contribution in [0.3, 0.4) is 0 Å². The maximum absolute atomic E-state index is 13.8. The molecular weight excluding hydrogens is 592 g/mol. The Balaban J connectivity index is 1.36. The molecular formula is C38H40N4O5. The van der Waals surface area contributed by atoms with E-state index in [0.717, 1.165) is 52.0 Å². The normalized spacial score (nSPS) is 11.6. The zero-order chi connectivity index (χ0) is 33.2. The first-order valence-corrected chi connectivity index (χ1v) is 15.8. The molecule has 242 valence electrons. The third kappa shape index (κ3) is 8.71. The summed E-state index contributed by atoms with van der Waals surface area (Å²) >= 11 is 0. The monoisotopic (exact) mass is 632 g/mol. The van der Waals surface area contributed by atoms with E-state index in [9.17, 15) is 14.4 Å². The minimum atomic E-state index is -0.477. The first kappa shape index (κ1) is 33.1. The van der Waals surface area contributed by atoms with Gasteiger partial charge in [-0.05, 0) is 66.3 Å². The smallest absolute Gasteiger partial charge is 0.337 e. The van der Waals surface area contributed by atoms with Crippen molar-refractivity contribution in [3.63, 3.8) is 0 Å². The number of nitrogens with zero attached hydrogens (tertiary/aromatic N) is 2. The Bertz CT molecular complexity index is 1820. The molecule has 9 heteroatoms. The summed E-state index contributed by atoms with van der Waals surface area (Å²) < 4.78 is 6.97. The molecule has 47 heavy (non-hydrogen) atoms. The topological polar surface area (TPSA) is 112 Å². The second-order valence-corrected chi connectivity index (χ2v) is 11.6. The lowest BCUT2D eigenvalue weighted by Crippen LogP contribution is -2.40. The fourth-order valence-electron chi connectivity index (χ4n) is 5.59. The lowest BCUT2D eigenvalue weighted by molar-refractivity contribution is -0.135. The van der Waals surface area contributed by atoms with E-state index in [4.69, 9.17) is 14.6 Å². The highest BCUT2D eigenvalue weighted by Gasteiger charge is 2.21. The number of rotatable bonds is 14. The zero-order valence-electron chi connectivity index (χ0n) is 27.0. The molecule has 0 aliphatic carbocycles. The van der Waals surface area contributed by atoms with Crippen LogP contribution in [-0.4, -0.2) is 40.5 Å². The molecule has 1 atom stereocenters. The molecule has 0 aliphatic heterocycles. The third-order valence-electron chi connectivity index (χ3n) is 7.93. The molecule has 1 unspecified atom stereocenters. The number of ether oxygens (including phenoxy) is 1. The molecule has 0 aliphatic rings. The van der Waals surface area contributed by atoms with Gasteiger partial charge in [0.25, 0.3) is 5.91 Å². The predicted molar refractivity (Wildman–Crippen MR) is 181 cm³/mol. The highest BCUT2D eigenvalue weighted by Crippen LogP contribution is 2.25. The second-order valence-electron chi connectivity index (χ2n) is 11.6. The van der Waals surface area contributed by atoms with Crippen molar-refractivity contribution < 1.29 is 24.0 Å². The summed E-state index contributed by atoms with van der Waals surface area (Å²) in [7, 11) is 1.36. The quantitative estimate of drug-likeness (QED) is 0.113. The van der Waals surface area contributed by atoms with Gasteiger partial charge in [0.05, 0.1) is 30.3 Å². The number of hydrogen-bond acceptors (Lipinski definition) is 6. The van der Waals surface area contributed by atoms with Crippen LogP contribution in [0.5, 0.6) is 0 Å². The number of amides is 2. The molecule has 9 nitrogen and oxygen atoms in total. The molecule has 4 aromatic carbocycles. The molecule has 0 radical (unpaired) electrons. The molecule has 0 spiro atoms. The Labute approximate surface area is 274 Å². The van der Waals surface area contributed by atoms with Crippen molar-refractivity contribution in [2.45, 2.75) is 58.7 Å². The average Bonchev–Trinajstić information content (AvgIpc) is 3.42. The van der Waals surface area contributed by atoms with Crippen molar-refractivity contribution in [2.24, 2.45) is 0 Å². The average molecular weight is 633 g/mol. The Kier molecular flexibility index (Phi) is 11.1. The van der Waals surface area contributed by atoms with Gasteiger partial charge < -0.3 is 14.6 Å². The summed E-state index contributed by atoms with van der Waals surface area (Å²) in [5.74, 6) is -0.0601. The number of carbonyl (C=O) groups excluding carboxylic acids is 3. The van der Waals surface area contributed by atoms with Gasteiger partial charge in [0.1, 0.15) is 5.82 Å². The van der Waals surface area contributed by atoms with E-state index in [1.54, 1.807) is 12.1 Å². The van der Waals surface area contributed by atoms with Crippen molar-refractivity contribution in [1.82, 2.24) is 20.3 Å². The van der Waals surface area contributed by atoms with Gasteiger partial charge in [0, 0.05) is 31.0 Å². The summed E-state index contributed by atoms with van der Waals surface area (Å²) in [5, 5.41) is 3.11. The van der Waals surface area contributed by atoms with Crippen LogP contribution in [0.2, 0.25) is 0 Å². The maximum Gasteiger partial charge on any atom is 0.337 e. The van der Waals surface area contributed by atoms with Crippen molar-refractivity contribution >= 4 is 28.8 Å². The van der Waals surface area contributed by atoms with Crippen molar-refractivity contribution in [3.8, 4) is 0 Å². The number of aryl methyl sites for hydroxylation is 2. The lowest BCUT2D eigenvalue weighted by Gasteiger charge is -2.19. The number of methoxy groups -OCH3 is 1. The number of benzene rings is 4. The summed E-state index contributed by atoms with van der Waals surface area (Å²) in [6, 6.07) is 29.9. The van der Waals surface area contributed by atoms with Crippen molar-refractivity contribution in [3.05, 3.63) is 136 Å². The lowest BCUT2D eigenvalue weighted by atomic mass is 10.0. The van der Waals surface area contributed by atoms with Crippen molar-refractivity contribution in [2.75, 3.05) is 7.11 Å². The summed E-state index contributed by atoms with van der Waals surface area (Å²) in [6.07, 6.45) is 2.20. The van der Waals surface area contributed by atoms with E-state index in [1.165, 1.54) is 7.11 Å². The standard InChI is InChI=1S/C38H40N4O5/c1-4-11-34-40-36-26(2)20-31(22-33(36)42(34)24-28-16-18-30(19-17-28)38(45)46-3)37(44)39-32(21-27-12-7-5-8-13-27)23-35(43)41-47-25-29-14-9-6-10-15-29/h5-10,12-20,22,32H,4,11,21,23-25H2,1-3H3,(H,39,44)(H,41,43). The van der Waals surface area contributed by atoms with Gasteiger partial charge in [-0.2, -0.15) is 0 Å². The van der Waals surface area contributed by atoms with Gasteiger partial charge in [-0.25, -0.2) is 15.3 Å². The van der Waals surface area contributed by atoms with Crippen LogP contribution in [0.15, 0.2) is 97.1 Å². The fourth-order valence-corrected chi connectivity index (χ4v) is 5.59. The number of imidazole rings is 1. The van der Waals surface area contributed by atoms with Gasteiger partial charge in [-0.3, -0.25) is 14.4 Å². The summed E-state index contributed by atoms with van der Waals surface area (Å²) in [5.41, 5.74) is 9.00. The molecule has 0 fully saturated rings. The van der Waals surface area contributed by atoms with E-state index < -0.39 is 6.04 Å². The van der Waals surface area contributed by atoms with Gasteiger partial charge in [0.15, 0.2) is 0 Å². The SMILES string of the molecule is CCCc1nc2c(C)cc(C(=O)NC(CC(=O)NOCc3ccccc3)Cc3ccccc3)cc2n1Cc1ccc(C(=O)OC)cc1. The van der Waals surface area contributed by atoms with Crippen LogP contribution in [0.25, 0.3) is 11.0 Å². The minimum absolute atomic E-state index is 0.0385. The number of hydrogen-bond donors (Lipinski definition) is 2. The molecule has 2 amide bonds.